The molecule has 0 saturated heterocycles. The van der Waals surface area contributed by atoms with Crippen molar-refractivity contribution in [1.82, 2.24) is 0 Å². The first-order valence-electron chi connectivity index (χ1n) is 10.6. The van der Waals surface area contributed by atoms with Gasteiger partial charge in [-0.15, -0.1) is 6.58 Å². The lowest BCUT2D eigenvalue weighted by atomic mass is 9.69. The molecule has 1 aliphatic heterocycles. The van der Waals surface area contributed by atoms with E-state index >= 15 is 0 Å². The Kier molecular flexibility index (Phi) is 5.63. The molecule has 6 atom stereocenters. The summed E-state index contributed by atoms with van der Waals surface area (Å²) in [4.78, 5) is 12.1. The summed E-state index contributed by atoms with van der Waals surface area (Å²) < 4.78 is 34.3. The molecule has 1 aromatic carbocycles. The molecule has 1 aromatic rings. The number of carbonyl (C=O) groups excluding carboxylic acids is 1. The summed E-state index contributed by atoms with van der Waals surface area (Å²) in [6, 6.07) is 3.74. The van der Waals surface area contributed by atoms with Crippen molar-refractivity contribution in [1.29, 1.82) is 0 Å². The second kappa shape index (κ2) is 8.01. The van der Waals surface area contributed by atoms with Gasteiger partial charge in [-0.2, -0.15) is 0 Å². The average molecular weight is 446 g/mol. The number of ether oxygens (including phenoxy) is 6. The van der Waals surface area contributed by atoms with Gasteiger partial charge in [-0.3, -0.25) is 4.79 Å². The Labute approximate surface area is 187 Å². The second-order valence-electron chi connectivity index (χ2n) is 8.53. The Balaban J connectivity index is 1.98. The number of fused-ring (bicyclic) bond motifs is 3. The maximum absolute atomic E-state index is 12.1. The van der Waals surface area contributed by atoms with Crippen LogP contribution in [0.1, 0.15) is 31.7 Å². The van der Waals surface area contributed by atoms with Crippen molar-refractivity contribution in [2.45, 2.75) is 44.0 Å². The molecule has 1 fully saturated rings. The Bertz CT molecular complexity index is 956. The minimum Gasteiger partial charge on any atom is -0.497 e. The number of hydrogen-bond donors (Lipinski definition) is 1. The van der Waals surface area contributed by atoms with Gasteiger partial charge in [0.15, 0.2) is 17.6 Å². The number of allylic oxidation sites excluding steroid dienone is 1. The summed E-state index contributed by atoms with van der Waals surface area (Å²) in [6.07, 6.45) is 2.18. The monoisotopic (exact) mass is 446 g/mol. The van der Waals surface area contributed by atoms with Crippen LogP contribution >= 0.6 is 0 Å². The van der Waals surface area contributed by atoms with Crippen LogP contribution in [-0.2, 0) is 19.0 Å². The van der Waals surface area contributed by atoms with Crippen LogP contribution in [0, 0.1) is 11.3 Å². The molecule has 6 unspecified atom stereocenters. The van der Waals surface area contributed by atoms with Gasteiger partial charge in [0.05, 0.1) is 20.3 Å². The van der Waals surface area contributed by atoms with Gasteiger partial charge < -0.3 is 33.5 Å². The van der Waals surface area contributed by atoms with Crippen LogP contribution in [0.2, 0.25) is 0 Å². The summed E-state index contributed by atoms with van der Waals surface area (Å²) >= 11 is 0. The molecule has 0 radical (unpaired) electrons. The third kappa shape index (κ3) is 2.85. The highest BCUT2D eigenvalue weighted by molar-refractivity contribution is 5.67. The SMILES string of the molecule is C=CCC12C=C(OC)C(OC(C)=O)C(OC)(C(c3cc(OC)c4c(c3)OCO4)C1C)C2O. The summed E-state index contributed by atoms with van der Waals surface area (Å²) in [5.74, 6) is 0.993. The number of benzene rings is 1. The summed E-state index contributed by atoms with van der Waals surface area (Å²) in [6.45, 7) is 7.38. The van der Waals surface area contributed by atoms with Crippen molar-refractivity contribution >= 4 is 5.97 Å². The van der Waals surface area contributed by atoms with Gasteiger partial charge in [-0.05, 0) is 36.1 Å². The number of rotatable bonds is 7. The van der Waals surface area contributed by atoms with Gasteiger partial charge in [0.2, 0.25) is 12.5 Å². The Hall–Kier alpha value is -2.71. The fourth-order valence-corrected chi connectivity index (χ4v) is 5.93. The zero-order chi connectivity index (χ0) is 23.3. The summed E-state index contributed by atoms with van der Waals surface area (Å²) in [5, 5.41) is 11.8. The van der Waals surface area contributed by atoms with Gasteiger partial charge in [0, 0.05) is 25.4 Å². The standard InChI is InChI=1S/C24H30O8/c1-7-8-23-11-18(28-5)21(32-14(3)25)24(29-6,22(23)26)19(13(23)2)15-9-16(27-4)20-17(10-15)30-12-31-20/h7,9-11,13,19,21-22,26H,1,8,12H2,2-6H3. The van der Waals surface area contributed by atoms with Gasteiger partial charge in [0.1, 0.15) is 11.4 Å². The lowest BCUT2D eigenvalue weighted by Crippen LogP contribution is -2.60. The van der Waals surface area contributed by atoms with Crippen molar-refractivity contribution in [3.05, 3.63) is 42.2 Å². The van der Waals surface area contributed by atoms with E-state index in [9.17, 15) is 9.90 Å². The third-order valence-corrected chi connectivity index (χ3v) is 7.26. The molecule has 3 aliphatic rings. The lowest BCUT2D eigenvalue weighted by molar-refractivity contribution is -0.199. The minimum absolute atomic E-state index is 0.0965. The first-order chi connectivity index (χ1) is 15.3. The molecule has 1 saturated carbocycles. The Morgan fingerprint density at radius 2 is 2.03 bits per heavy atom. The van der Waals surface area contributed by atoms with Crippen LogP contribution in [0.15, 0.2) is 36.6 Å². The molecule has 1 N–H and O–H groups in total. The largest absolute Gasteiger partial charge is 0.497 e. The lowest BCUT2D eigenvalue weighted by Gasteiger charge is -2.47. The topological polar surface area (TPSA) is 92.7 Å². The van der Waals surface area contributed by atoms with Crippen LogP contribution < -0.4 is 14.2 Å². The second-order valence-corrected chi connectivity index (χ2v) is 8.53. The van der Waals surface area contributed by atoms with Crippen LogP contribution in [0.25, 0.3) is 0 Å². The Morgan fingerprint density at radius 1 is 1.28 bits per heavy atom. The first kappa shape index (κ1) is 22.5. The fourth-order valence-electron chi connectivity index (χ4n) is 5.93. The smallest absolute Gasteiger partial charge is 0.303 e. The van der Waals surface area contributed by atoms with E-state index < -0.39 is 35.1 Å². The molecule has 2 bridgehead atoms. The minimum atomic E-state index is -1.31. The van der Waals surface area contributed by atoms with Gasteiger partial charge >= 0.3 is 5.97 Å². The maximum Gasteiger partial charge on any atom is 0.303 e. The van der Waals surface area contributed by atoms with E-state index in [1.807, 2.05) is 18.2 Å². The van der Waals surface area contributed by atoms with Crippen LogP contribution in [0.4, 0.5) is 0 Å². The highest BCUT2D eigenvalue weighted by Gasteiger charge is 2.73. The van der Waals surface area contributed by atoms with E-state index in [4.69, 9.17) is 28.4 Å². The molecule has 8 heteroatoms. The van der Waals surface area contributed by atoms with Crippen molar-refractivity contribution in [2.75, 3.05) is 28.1 Å². The Morgan fingerprint density at radius 3 is 2.62 bits per heavy atom. The number of aliphatic hydroxyl groups is 1. The van der Waals surface area contributed by atoms with Crippen molar-refractivity contribution in [3.8, 4) is 17.2 Å². The van der Waals surface area contributed by atoms with E-state index in [0.717, 1.165) is 5.56 Å². The maximum atomic E-state index is 12.1. The number of methoxy groups -OCH3 is 3. The molecule has 0 spiro atoms. The van der Waals surface area contributed by atoms with E-state index in [1.54, 1.807) is 13.2 Å². The van der Waals surface area contributed by atoms with Crippen molar-refractivity contribution in [3.63, 3.8) is 0 Å². The molecule has 32 heavy (non-hydrogen) atoms. The fraction of sp³-hybridized carbons (Fsp3) is 0.542. The quantitative estimate of drug-likeness (QED) is 0.505. The number of hydrogen-bond acceptors (Lipinski definition) is 8. The van der Waals surface area contributed by atoms with E-state index in [1.165, 1.54) is 21.1 Å². The molecular weight excluding hydrogens is 416 g/mol. The molecule has 1 heterocycles. The zero-order valence-electron chi connectivity index (χ0n) is 19.0. The molecule has 2 aliphatic carbocycles. The van der Waals surface area contributed by atoms with Crippen molar-refractivity contribution in [2.24, 2.45) is 11.3 Å². The molecule has 4 rings (SSSR count). The third-order valence-electron chi connectivity index (χ3n) is 7.26. The van der Waals surface area contributed by atoms with Gasteiger partial charge in [-0.25, -0.2) is 0 Å². The first-order valence-corrected chi connectivity index (χ1v) is 10.6. The van der Waals surface area contributed by atoms with Gasteiger partial charge in [0.25, 0.3) is 0 Å². The van der Waals surface area contributed by atoms with Crippen LogP contribution in [-0.4, -0.2) is 57.0 Å². The van der Waals surface area contributed by atoms with E-state index in [0.29, 0.717) is 29.4 Å². The van der Waals surface area contributed by atoms with Gasteiger partial charge in [-0.1, -0.05) is 13.0 Å². The van der Waals surface area contributed by atoms with E-state index in [2.05, 4.69) is 13.5 Å². The van der Waals surface area contributed by atoms with Crippen LogP contribution in [0.5, 0.6) is 17.2 Å². The predicted molar refractivity (Wildman–Crippen MR) is 115 cm³/mol. The normalized spacial score (nSPS) is 34.6. The molecular formula is C24H30O8. The number of carbonyl (C=O) groups is 1. The summed E-state index contributed by atoms with van der Waals surface area (Å²) in [5.41, 5.74) is -1.24. The highest BCUT2D eigenvalue weighted by Crippen LogP contribution is 2.66. The zero-order valence-corrected chi connectivity index (χ0v) is 19.0. The summed E-state index contributed by atoms with van der Waals surface area (Å²) in [7, 11) is 4.60. The predicted octanol–water partition coefficient (Wildman–Crippen LogP) is 2.94. The highest BCUT2D eigenvalue weighted by atomic mass is 16.7. The molecule has 0 amide bonds. The number of aliphatic hydroxyl groups excluding tert-OH is 1. The number of esters is 1. The average Bonchev–Trinajstić information content (AvgIpc) is 3.29. The van der Waals surface area contributed by atoms with E-state index in [-0.39, 0.29) is 12.7 Å². The molecule has 174 valence electrons. The van der Waals surface area contributed by atoms with Crippen LogP contribution in [0.3, 0.4) is 0 Å². The molecule has 8 nitrogen and oxygen atoms in total. The molecule has 0 aromatic heterocycles. The van der Waals surface area contributed by atoms with Crippen molar-refractivity contribution < 1.29 is 38.3 Å².